The van der Waals surface area contributed by atoms with Crippen molar-refractivity contribution in [3.63, 3.8) is 0 Å². The van der Waals surface area contributed by atoms with Gasteiger partial charge in [-0.3, -0.25) is 14.4 Å². The van der Waals surface area contributed by atoms with Crippen molar-refractivity contribution in [2.24, 2.45) is 5.92 Å². The molecule has 3 atom stereocenters. The molecular weight excluding hydrogens is 520 g/mol. The van der Waals surface area contributed by atoms with Gasteiger partial charge in [0.05, 0.1) is 23.7 Å². The number of aromatic amines is 1. The molecule has 3 heterocycles. The zero-order valence-electron chi connectivity index (χ0n) is 20.7. The molecule has 7 nitrogen and oxygen atoms in total. The van der Waals surface area contributed by atoms with Crippen LogP contribution in [0.5, 0.6) is 11.5 Å². The van der Waals surface area contributed by atoms with Crippen LogP contribution in [0.25, 0.3) is 0 Å². The van der Waals surface area contributed by atoms with Gasteiger partial charge in [0, 0.05) is 16.4 Å². The summed E-state index contributed by atoms with van der Waals surface area (Å²) in [7, 11) is 1.56. The first-order valence-electron chi connectivity index (χ1n) is 12.1. The highest BCUT2D eigenvalue weighted by Crippen LogP contribution is 2.54. The van der Waals surface area contributed by atoms with E-state index in [0.717, 1.165) is 32.9 Å². The number of methoxy groups -OCH3 is 1. The lowest BCUT2D eigenvalue weighted by atomic mass is 9.82. The van der Waals surface area contributed by atoms with Gasteiger partial charge in [-0.2, -0.15) is 0 Å². The summed E-state index contributed by atoms with van der Waals surface area (Å²) in [4.78, 5) is 44.7. The number of aryl methyl sites for hydroxylation is 1. The molecule has 1 saturated heterocycles. The summed E-state index contributed by atoms with van der Waals surface area (Å²) < 4.78 is 11.5. The van der Waals surface area contributed by atoms with E-state index >= 15 is 0 Å². The first-order chi connectivity index (χ1) is 18.4. The van der Waals surface area contributed by atoms with Gasteiger partial charge in [-0.15, -0.1) is 0 Å². The summed E-state index contributed by atoms with van der Waals surface area (Å²) in [6.45, 7) is 2.39. The molecule has 2 amide bonds. The molecule has 192 valence electrons. The molecule has 2 aliphatic rings. The van der Waals surface area contributed by atoms with Gasteiger partial charge in [-0.1, -0.05) is 71.1 Å². The Labute approximate surface area is 227 Å². The number of para-hydroxylation sites is 1. The van der Waals surface area contributed by atoms with Gasteiger partial charge in [-0.05, 0) is 42.8 Å². The van der Waals surface area contributed by atoms with Crippen molar-refractivity contribution in [3.05, 3.63) is 104 Å². The van der Waals surface area contributed by atoms with Gasteiger partial charge in [0.2, 0.25) is 11.8 Å². The second-order valence-corrected chi connectivity index (χ2v) is 11.4. The van der Waals surface area contributed by atoms with E-state index in [1.54, 1.807) is 31.4 Å². The number of aromatic nitrogens is 1. The van der Waals surface area contributed by atoms with Crippen LogP contribution in [0.1, 0.15) is 27.5 Å². The number of carbonyl (C=O) groups is 2. The summed E-state index contributed by atoms with van der Waals surface area (Å²) in [5.74, 6) is -0.513. The number of imide groups is 1. The minimum Gasteiger partial charge on any atom is -0.497 e. The van der Waals surface area contributed by atoms with E-state index in [1.165, 1.54) is 16.7 Å². The average molecular weight is 545 g/mol. The van der Waals surface area contributed by atoms with E-state index in [4.69, 9.17) is 9.47 Å². The molecule has 0 saturated carbocycles. The normalized spacial score (nSPS) is 20.3. The number of nitrogens with one attached hydrogen (secondary N) is 1. The molecule has 6 rings (SSSR count). The molecule has 0 aliphatic carbocycles. The maximum Gasteiger partial charge on any atom is 0.305 e. The van der Waals surface area contributed by atoms with Crippen LogP contribution in [0.15, 0.2) is 82.6 Å². The summed E-state index contributed by atoms with van der Waals surface area (Å²) in [6.07, 6.45) is 0. The lowest BCUT2D eigenvalue weighted by Gasteiger charge is -2.30. The van der Waals surface area contributed by atoms with E-state index in [1.807, 2.05) is 49.4 Å². The minimum atomic E-state index is -0.683. The highest BCUT2D eigenvalue weighted by molar-refractivity contribution is 8.00. The van der Waals surface area contributed by atoms with Crippen molar-refractivity contribution < 1.29 is 19.1 Å². The van der Waals surface area contributed by atoms with Gasteiger partial charge in [-0.25, -0.2) is 4.90 Å². The Kier molecular flexibility index (Phi) is 6.33. The second-order valence-electron chi connectivity index (χ2n) is 9.28. The smallest absolute Gasteiger partial charge is 0.305 e. The molecule has 1 N–H and O–H groups in total. The first kappa shape index (κ1) is 24.5. The molecule has 4 aromatic rings. The Hall–Kier alpha value is -3.82. The fourth-order valence-electron chi connectivity index (χ4n) is 5.17. The third-order valence-electron chi connectivity index (χ3n) is 6.89. The van der Waals surface area contributed by atoms with Crippen LogP contribution in [0, 0.1) is 12.8 Å². The average Bonchev–Trinajstić information content (AvgIpc) is 3.42. The van der Waals surface area contributed by atoms with Crippen LogP contribution in [0.3, 0.4) is 0 Å². The van der Waals surface area contributed by atoms with Gasteiger partial charge in [0.15, 0.2) is 0 Å². The third kappa shape index (κ3) is 4.21. The van der Waals surface area contributed by atoms with Crippen LogP contribution >= 0.6 is 23.1 Å². The number of thiazole rings is 1. The van der Waals surface area contributed by atoms with Crippen molar-refractivity contribution in [1.82, 2.24) is 4.98 Å². The summed E-state index contributed by atoms with van der Waals surface area (Å²) in [5.41, 5.74) is 3.45. The van der Waals surface area contributed by atoms with Gasteiger partial charge in [0.1, 0.15) is 23.4 Å². The van der Waals surface area contributed by atoms with Gasteiger partial charge >= 0.3 is 4.87 Å². The van der Waals surface area contributed by atoms with E-state index < -0.39 is 17.1 Å². The molecule has 3 aromatic carbocycles. The van der Waals surface area contributed by atoms with Crippen molar-refractivity contribution in [2.45, 2.75) is 29.7 Å². The number of thioether (sulfide) groups is 1. The van der Waals surface area contributed by atoms with Crippen LogP contribution in [-0.4, -0.2) is 29.2 Å². The minimum absolute atomic E-state index is 0.211. The Morgan fingerprint density at radius 3 is 2.50 bits per heavy atom. The van der Waals surface area contributed by atoms with Crippen LogP contribution in [-0.2, 0) is 16.2 Å². The lowest BCUT2D eigenvalue weighted by Crippen LogP contribution is -2.32. The molecule has 0 radical (unpaired) electrons. The fraction of sp³-hybridized carbons (Fsp3) is 0.207. The molecule has 0 unspecified atom stereocenters. The monoisotopic (exact) mass is 544 g/mol. The summed E-state index contributed by atoms with van der Waals surface area (Å²) in [6, 6.07) is 22.5. The summed E-state index contributed by atoms with van der Waals surface area (Å²) >= 11 is 2.35. The van der Waals surface area contributed by atoms with Crippen LogP contribution in [0.4, 0.5) is 5.69 Å². The SMILES string of the molecule is COc1ccc(N2C(=O)[C@H]3[C@H](c4ccccc4OCc4cccc(C)c4)c4sc(=O)[nH]c4S[C@H]3C2=O)cc1. The quantitative estimate of drug-likeness (QED) is 0.339. The van der Waals surface area contributed by atoms with E-state index in [2.05, 4.69) is 11.1 Å². The second kappa shape index (κ2) is 9.81. The number of benzene rings is 3. The number of ether oxygens (including phenoxy) is 2. The summed E-state index contributed by atoms with van der Waals surface area (Å²) in [5, 5.41) is -0.0327. The number of amides is 2. The van der Waals surface area contributed by atoms with Crippen LogP contribution < -0.4 is 19.2 Å². The molecule has 1 fully saturated rings. The zero-order valence-corrected chi connectivity index (χ0v) is 22.3. The fourth-order valence-corrected chi connectivity index (χ4v) is 7.68. The standard InChI is InChI=1S/C29H24N2O5S2/c1-16-6-5-7-17(14-16)15-36-21-9-4-3-8-20(21)22-23-25(37-26-24(22)38-29(34)30-26)28(33)31(27(23)32)18-10-12-19(35-2)13-11-18/h3-14,22-23,25H,15H2,1-2H3,(H,30,34)/t22-,23-,25+/m0/s1. The highest BCUT2D eigenvalue weighted by atomic mass is 32.2. The number of fused-ring (bicyclic) bond motifs is 2. The topological polar surface area (TPSA) is 88.7 Å². The highest BCUT2D eigenvalue weighted by Gasteiger charge is 2.56. The van der Waals surface area contributed by atoms with Crippen molar-refractivity contribution in [3.8, 4) is 11.5 Å². The molecule has 2 aliphatic heterocycles. The molecule has 0 bridgehead atoms. The molecule has 9 heteroatoms. The van der Waals surface area contributed by atoms with Gasteiger partial charge < -0.3 is 14.5 Å². The number of rotatable bonds is 6. The third-order valence-corrected chi connectivity index (χ3v) is 9.29. The van der Waals surface area contributed by atoms with Crippen LogP contribution in [0.2, 0.25) is 0 Å². The number of H-pyrrole nitrogens is 1. The van der Waals surface area contributed by atoms with Crippen molar-refractivity contribution in [2.75, 3.05) is 12.0 Å². The predicted molar refractivity (Wildman–Crippen MR) is 147 cm³/mol. The van der Waals surface area contributed by atoms with Gasteiger partial charge in [0.25, 0.3) is 0 Å². The Morgan fingerprint density at radius 2 is 1.74 bits per heavy atom. The number of hydrogen-bond acceptors (Lipinski definition) is 7. The van der Waals surface area contributed by atoms with Crippen molar-refractivity contribution in [1.29, 1.82) is 0 Å². The lowest BCUT2D eigenvalue weighted by molar-refractivity contribution is -0.122. The van der Waals surface area contributed by atoms with E-state index in [9.17, 15) is 14.4 Å². The molecule has 38 heavy (non-hydrogen) atoms. The maximum atomic E-state index is 14.0. The molecule has 1 aromatic heterocycles. The van der Waals surface area contributed by atoms with E-state index in [0.29, 0.717) is 28.8 Å². The number of nitrogens with zero attached hydrogens (tertiary/aromatic N) is 1. The number of anilines is 1. The number of carbonyl (C=O) groups excluding carboxylic acids is 2. The van der Waals surface area contributed by atoms with E-state index in [-0.39, 0.29) is 16.7 Å². The Balaban J connectivity index is 1.41. The number of hydrogen-bond donors (Lipinski definition) is 1. The van der Waals surface area contributed by atoms with Crippen molar-refractivity contribution >= 4 is 40.6 Å². The predicted octanol–water partition coefficient (Wildman–Crippen LogP) is 5.13. The Morgan fingerprint density at radius 1 is 0.947 bits per heavy atom. The maximum absolute atomic E-state index is 14.0. The zero-order chi connectivity index (χ0) is 26.4. The Bertz CT molecular complexity index is 1590. The first-order valence-corrected chi connectivity index (χ1v) is 13.8. The largest absolute Gasteiger partial charge is 0.497 e. The molecular formula is C29H24N2O5S2. The molecule has 0 spiro atoms.